The number of hydrogen-bond acceptors (Lipinski definition) is 4. The predicted molar refractivity (Wildman–Crippen MR) is 65.6 cm³/mol. The molecule has 0 aliphatic carbocycles. The zero-order chi connectivity index (χ0) is 13.0. The van der Waals surface area contributed by atoms with E-state index < -0.39 is 4.92 Å². The van der Waals surface area contributed by atoms with Gasteiger partial charge in [0.1, 0.15) is 6.61 Å². The summed E-state index contributed by atoms with van der Waals surface area (Å²) in [6, 6.07) is 8.23. The fourth-order valence-electron chi connectivity index (χ4n) is 1.57. The third-order valence-corrected chi connectivity index (χ3v) is 2.41. The van der Waals surface area contributed by atoms with Gasteiger partial charge in [0.15, 0.2) is 5.75 Å². The van der Waals surface area contributed by atoms with E-state index in [-0.39, 0.29) is 11.4 Å². The fourth-order valence-corrected chi connectivity index (χ4v) is 1.57. The molecule has 1 aromatic heterocycles. The Kier molecular flexibility index (Phi) is 3.57. The first kappa shape index (κ1) is 12.1. The lowest BCUT2D eigenvalue weighted by Gasteiger charge is -2.06. The molecule has 0 N–H and O–H groups in total. The molecule has 0 saturated carbocycles. The topological polar surface area (TPSA) is 70.2 Å². The van der Waals surface area contributed by atoms with Crippen LogP contribution in [-0.4, -0.2) is 21.3 Å². The van der Waals surface area contributed by atoms with Gasteiger partial charge in [-0.2, -0.15) is 5.10 Å². The van der Waals surface area contributed by atoms with E-state index in [0.29, 0.717) is 13.2 Å². The molecule has 0 fully saturated rings. The lowest BCUT2D eigenvalue weighted by molar-refractivity contribution is -0.385. The van der Waals surface area contributed by atoms with Crippen LogP contribution in [-0.2, 0) is 6.54 Å². The number of nitro groups is 1. The molecule has 6 nitrogen and oxygen atoms in total. The number of aryl methyl sites for hydroxylation is 1. The average molecular weight is 247 g/mol. The van der Waals surface area contributed by atoms with Crippen molar-refractivity contribution in [2.75, 3.05) is 6.61 Å². The highest BCUT2D eigenvalue weighted by Crippen LogP contribution is 2.25. The molecule has 0 radical (unpaired) electrons. The van der Waals surface area contributed by atoms with E-state index in [9.17, 15) is 10.1 Å². The van der Waals surface area contributed by atoms with Crippen LogP contribution in [0, 0.1) is 17.0 Å². The molecule has 0 bridgehead atoms. The first-order valence-electron chi connectivity index (χ1n) is 5.53. The Morgan fingerprint density at radius 3 is 2.83 bits per heavy atom. The summed E-state index contributed by atoms with van der Waals surface area (Å²) in [6.45, 7) is 2.80. The second-order valence-electron chi connectivity index (χ2n) is 3.79. The highest BCUT2D eigenvalue weighted by Gasteiger charge is 2.13. The van der Waals surface area contributed by atoms with Crippen molar-refractivity contribution in [3.63, 3.8) is 0 Å². The number of aromatic nitrogens is 2. The van der Waals surface area contributed by atoms with Gasteiger partial charge < -0.3 is 4.74 Å². The molecule has 6 heteroatoms. The average Bonchev–Trinajstić information content (AvgIpc) is 2.75. The monoisotopic (exact) mass is 247 g/mol. The van der Waals surface area contributed by atoms with Gasteiger partial charge in [0.05, 0.1) is 17.2 Å². The van der Waals surface area contributed by atoms with Gasteiger partial charge in [0.2, 0.25) is 0 Å². The van der Waals surface area contributed by atoms with Crippen molar-refractivity contribution in [3.8, 4) is 5.75 Å². The largest absolute Gasteiger partial charge is 0.485 e. The first-order chi connectivity index (χ1) is 8.66. The van der Waals surface area contributed by atoms with Crippen LogP contribution in [0.15, 0.2) is 36.5 Å². The molecular weight excluding hydrogens is 234 g/mol. The van der Waals surface area contributed by atoms with Crippen LogP contribution in [0.2, 0.25) is 0 Å². The van der Waals surface area contributed by atoms with Crippen molar-refractivity contribution in [1.82, 2.24) is 9.78 Å². The van der Waals surface area contributed by atoms with Gasteiger partial charge in [0, 0.05) is 12.3 Å². The Hall–Kier alpha value is -2.37. The normalized spacial score (nSPS) is 10.3. The zero-order valence-electron chi connectivity index (χ0n) is 9.94. The molecule has 0 aliphatic heterocycles. The van der Waals surface area contributed by atoms with Gasteiger partial charge in [-0.1, -0.05) is 12.1 Å². The highest BCUT2D eigenvalue weighted by molar-refractivity contribution is 5.45. The summed E-state index contributed by atoms with van der Waals surface area (Å²) >= 11 is 0. The van der Waals surface area contributed by atoms with E-state index in [1.165, 1.54) is 6.07 Å². The molecular formula is C12H13N3O3. The molecule has 0 saturated heterocycles. The molecule has 2 rings (SSSR count). The molecule has 0 unspecified atom stereocenters. The van der Waals surface area contributed by atoms with E-state index >= 15 is 0 Å². The minimum Gasteiger partial charge on any atom is -0.485 e. The van der Waals surface area contributed by atoms with Crippen LogP contribution >= 0.6 is 0 Å². The summed E-state index contributed by atoms with van der Waals surface area (Å²) < 4.78 is 7.15. The molecule has 0 amide bonds. The Balaban J connectivity index is 1.96. The Morgan fingerprint density at radius 2 is 2.17 bits per heavy atom. The number of para-hydroxylation sites is 2. The van der Waals surface area contributed by atoms with E-state index in [1.54, 1.807) is 22.9 Å². The molecule has 1 heterocycles. The second kappa shape index (κ2) is 5.31. The lowest BCUT2D eigenvalue weighted by Crippen LogP contribution is -2.09. The van der Waals surface area contributed by atoms with Gasteiger partial charge in [-0.05, 0) is 19.1 Å². The Bertz CT molecular complexity index is 551. The van der Waals surface area contributed by atoms with Gasteiger partial charge in [-0.3, -0.25) is 14.8 Å². The number of ether oxygens (including phenoxy) is 1. The fraction of sp³-hybridized carbons (Fsp3) is 0.250. The van der Waals surface area contributed by atoms with Crippen LogP contribution in [0.4, 0.5) is 5.69 Å². The van der Waals surface area contributed by atoms with E-state index in [4.69, 9.17) is 4.74 Å². The minimum atomic E-state index is -0.451. The third-order valence-electron chi connectivity index (χ3n) is 2.41. The summed E-state index contributed by atoms with van der Waals surface area (Å²) in [5.41, 5.74) is 0.912. The zero-order valence-corrected chi connectivity index (χ0v) is 9.94. The van der Waals surface area contributed by atoms with E-state index in [1.807, 2.05) is 19.2 Å². The van der Waals surface area contributed by atoms with Crippen molar-refractivity contribution in [3.05, 3.63) is 52.3 Å². The maximum absolute atomic E-state index is 10.8. The molecule has 18 heavy (non-hydrogen) atoms. The SMILES string of the molecule is Cc1ccn(CCOc2ccccc2[N+](=O)[O-])n1. The molecule has 1 aromatic carbocycles. The Morgan fingerprint density at radius 1 is 1.39 bits per heavy atom. The maximum Gasteiger partial charge on any atom is 0.310 e. The molecule has 0 aliphatic rings. The van der Waals surface area contributed by atoms with Crippen molar-refractivity contribution >= 4 is 5.69 Å². The highest BCUT2D eigenvalue weighted by atomic mass is 16.6. The summed E-state index contributed by atoms with van der Waals surface area (Å²) in [6.07, 6.45) is 1.85. The molecule has 0 atom stereocenters. The number of benzene rings is 1. The van der Waals surface area contributed by atoms with Gasteiger partial charge in [-0.25, -0.2) is 0 Å². The number of nitrogens with zero attached hydrogens (tertiary/aromatic N) is 3. The summed E-state index contributed by atoms with van der Waals surface area (Å²) in [7, 11) is 0. The molecule has 94 valence electrons. The van der Waals surface area contributed by atoms with Gasteiger partial charge >= 0.3 is 5.69 Å². The van der Waals surface area contributed by atoms with Crippen molar-refractivity contribution < 1.29 is 9.66 Å². The van der Waals surface area contributed by atoms with E-state index in [2.05, 4.69) is 5.10 Å². The molecule has 0 spiro atoms. The summed E-state index contributed by atoms with van der Waals surface area (Å²) in [5, 5.41) is 15.0. The predicted octanol–water partition coefficient (Wildman–Crippen LogP) is 2.18. The summed E-state index contributed by atoms with van der Waals surface area (Å²) in [4.78, 5) is 10.3. The van der Waals surface area contributed by atoms with E-state index in [0.717, 1.165) is 5.69 Å². The van der Waals surface area contributed by atoms with Crippen LogP contribution < -0.4 is 4.74 Å². The first-order valence-corrected chi connectivity index (χ1v) is 5.53. The Labute approximate surface area is 104 Å². The van der Waals surface area contributed by atoms with Gasteiger partial charge in [-0.15, -0.1) is 0 Å². The van der Waals surface area contributed by atoms with Crippen molar-refractivity contribution in [2.24, 2.45) is 0 Å². The number of hydrogen-bond donors (Lipinski definition) is 0. The third kappa shape index (κ3) is 2.85. The lowest BCUT2D eigenvalue weighted by atomic mass is 10.3. The standard InChI is InChI=1S/C12H13N3O3/c1-10-6-7-14(13-10)8-9-18-12-5-3-2-4-11(12)15(16)17/h2-7H,8-9H2,1H3. The van der Waals surface area contributed by atoms with Crippen LogP contribution in [0.1, 0.15) is 5.69 Å². The minimum absolute atomic E-state index is 0.0193. The van der Waals surface area contributed by atoms with Gasteiger partial charge in [0.25, 0.3) is 0 Å². The van der Waals surface area contributed by atoms with Crippen LogP contribution in [0.5, 0.6) is 5.75 Å². The second-order valence-corrected chi connectivity index (χ2v) is 3.79. The van der Waals surface area contributed by atoms with Crippen molar-refractivity contribution in [2.45, 2.75) is 13.5 Å². The molecule has 2 aromatic rings. The summed E-state index contributed by atoms with van der Waals surface area (Å²) in [5.74, 6) is 0.284. The smallest absolute Gasteiger partial charge is 0.310 e. The van der Waals surface area contributed by atoms with Crippen LogP contribution in [0.3, 0.4) is 0 Å². The number of nitro benzene ring substituents is 1. The number of rotatable bonds is 5. The maximum atomic E-state index is 10.8. The van der Waals surface area contributed by atoms with Crippen molar-refractivity contribution in [1.29, 1.82) is 0 Å². The van der Waals surface area contributed by atoms with Crippen LogP contribution in [0.25, 0.3) is 0 Å². The quantitative estimate of drug-likeness (QED) is 0.599.